The lowest BCUT2D eigenvalue weighted by molar-refractivity contribution is -0.143. The van der Waals surface area contributed by atoms with E-state index in [2.05, 4.69) is 0 Å². The fourth-order valence-electron chi connectivity index (χ4n) is 1.73. The molecule has 0 bridgehead atoms. The van der Waals surface area contributed by atoms with Crippen molar-refractivity contribution in [2.24, 2.45) is 5.73 Å². The molecule has 2 atom stereocenters. The Balaban J connectivity index is 4.87. The first kappa shape index (κ1) is 20.5. The maximum absolute atomic E-state index is 13.0. The molecule has 0 aromatic carbocycles. The molecule has 0 saturated heterocycles. The number of hydrogen-bond donors (Lipinski definition) is 1. The van der Waals surface area contributed by atoms with Crippen LogP contribution in [-0.4, -0.2) is 44.2 Å². The van der Waals surface area contributed by atoms with E-state index in [1.54, 1.807) is 27.7 Å². The number of nitrogens with two attached hydrogens (primary N) is 1. The van der Waals surface area contributed by atoms with E-state index in [1.165, 1.54) is 0 Å². The standard InChI is InChI=1S/C13H28NO6P/c1-5-17-12(15)10-9-11(14)21(16,20-8-4)13(18-6-2)19-7-3/h11,13H,5-10,14H2,1-4H3/t11-,21?/m1/s1. The van der Waals surface area contributed by atoms with Gasteiger partial charge in [0.05, 0.1) is 19.0 Å². The molecule has 126 valence electrons. The molecule has 0 radical (unpaired) electrons. The summed E-state index contributed by atoms with van der Waals surface area (Å²) in [6.45, 7) is 8.17. The Hall–Kier alpha value is -0.460. The van der Waals surface area contributed by atoms with Crippen molar-refractivity contribution in [3.63, 3.8) is 0 Å². The summed E-state index contributed by atoms with van der Waals surface area (Å²) >= 11 is 0. The van der Waals surface area contributed by atoms with Gasteiger partial charge in [-0.05, 0) is 34.1 Å². The highest BCUT2D eigenvalue weighted by Crippen LogP contribution is 2.56. The molecule has 2 N–H and O–H groups in total. The molecule has 0 saturated carbocycles. The zero-order chi connectivity index (χ0) is 16.3. The fraction of sp³-hybridized carbons (Fsp3) is 0.923. The topological polar surface area (TPSA) is 97.1 Å². The third-order valence-electron chi connectivity index (χ3n) is 2.66. The average molecular weight is 325 g/mol. The lowest BCUT2D eigenvalue weighted by Crippen LogP contribution is -2.32. The average Bonchev–Trinajstić information content (AvgIpc) is 2.45. The Morgan fingerprint density at radius 3 is 2.05 bits per heavy atom. The van der Waals surface area contributed by atoms with E-state index in [0.717, 1.165) is 0 Å². The van der Waals surface area contributed by atoms with Gasteiger partial charge in [0.2, 0.25) is 6.03 Å². The number of hydrogen-bond acceptors (Lipinski definition) is 7. The van der Waals surface area contributed by atoms with Crippen LogP contribution in [0.4, 0.5) is 0 Å². The van der Waals surface area contributed by atoms with Crippen LogP contribution in [0, 0.1) is 0 Å². The summed E-state index contributed by atoms with van der Waals surface area (Å²) in [7, 11) is -3.40. The minimum absolute atomic E-state index is 0.0804. The number of ether oxygens (including phenoxy) is 3. The predicted molar refractivity (Wildman–Crippen MR) is 80.1 cm³/mol. The lowest BCUT2D eigenvalue weighted by atomic mass is 10.3. The second-order valence-corrected chi connectivity index (χ2v) is 6.83. The monoisotopic (exact) mass is 325 g/mol. The summed E-state index contributed by atoms with van der Waals surface area (Å²) in [5, 5.41) is 0. The van der Waals surface area contributed by atoms with Gasteiger partial charge in [0.1, 0.15) is 0 Å². The molecule has 0 spiro atoms. The third kappa shape index (κ3) is 6.89. The smallest absolute Gasteiger partial charge is 0.305 e. The van der Waals surface area contributed by atoms with Crippen molar-refractivity contribution in [3.8, 4) is 0 Å². The van der Waals surface area contributed by atoms with Crippen LogP contribution in [0.1, 0.15) is 40.5 Å². The zero-order valence-electron chi connectivity index (χ0n) is 13.4. The van der Waals surface area contributed by atoms with Crippen molar-refractivity contribution in [3.05, 3.63) is 0 Å². The molecule has 0 heterocycles. The van der Waals surface area contributed by atoms with E-state index >= 15 is 0 Å². The maximum atomic E-state index is 13.0. The molecule has 0 aliphatic rings. The first-order chi connectivity index (χ1) is 9.96. The van der Waals surface area contributed by atoms with Gasteiger partial charge < -0.3 is 24.5 Å². The lowest BCUT2D eigenvalue weighted by Gasteiger charge is -2.30. The molecule has 7 nitrogen and oxygen atoms in total. The summed E-state index contributed by atoms with van der Waals surface area (Å²) in [6.07, 6.45) is 0.268. The van der Waals surface area contributed by atoms with E-state index in [4.69, 9.17) is 24.5 Å². The van der Waals surface area contributed by atoms with E-state index in [9.17, 15) is 9.36 Å². The van der Waals surface area contributed by atoms with Gasteiger partial charge in [0, 0.05) is 19.6 Å². The number of carbonyl (C=O) groups excluding carboxylic acids is 1. The van der Waals surface area contributed by atoms with Crippen LogP contribution in [0.5, 0.6) is 0 Å². The number of carbonyl (C=O) groups is 1. The number of esters is 1. The highest BCUT2D eigenvalue weighted by Gasteiger charge is 2.41. The van der Waals surface area contributed by atoms with Crippen LogP contribution in [-0.2, 0) is 28.1 Å². The summed E-state index contributed by atoms with van der Waals surface area (Å²) < 4.78 is 34.0. The largest absolute Gasteiger partial charge is 0.466 e. The molecule has 21 heavy (non-hydrogen) atoms. The molecule has 0 aromatic rings. The summed E-state index contributed by atoms with van der Waals surface area (Å²) in [5.74, 6) is -1.22. The van der Waals surface area contributed by atoms with E-state index < -0.39 is 19.2 Å². The van der Waals surface area contributed by atoms with E-state index in [1.807, 2.05) is 0 Å². The highest BCUT2D eigenvalue weighted by molar-refractivity contribution is 7.60. The molecule has 8 heteroatoms. The minimum Gasteiger partial charge on any atom is -0.466 e. The van der Waals surface area contributed by atoms with Gasteiger partial charge in [-0.2, -0.15) is 0 Å². The molecular weight excluding hydrogens is 297 g/mol. The van der Waals surface area contributed by atoms with E-state index in [0.29, 0.717) is 19.8 Å². The van der Waals surface area contributed by atoms with Crippen molar-refractivity contribution in [1.82, 2.24) is 0 Å². The summed E-state index contributed by atoms with van der Waals surface area (Å²) in [4.78, 5) is 11.4. The van der Waals surface area contributed by atoms with Crippen molar-refractivity contribution >= 4 is 13.3 Å². The van der Waals surface area contributed by atoms with Gasteiger partial charge in [0.25, 0.3) is 7.37 Å². The molecule has 0 aliphatic carbocycles. The first-order valence-electron chi connectivity index (χ1n) is 7.34. The fourth-order valence-corrected chi connectivity index (χ4v) is 3.97. The normalized spacial score (nSPS) is 15.7. The predicted octanol–water partition coefficient (Wildman–Crippen LogP) is 2.29. The van der Waals surface area contributed by atoms with Crippen LogP contribution in [0.25, 0.3) is 0 Å². The van der Waals surface area contributed by atoms with Gasteiger partial charge in [-0.15, -0.1) is 0 Å². The SMILES string of the molecule is CCOC(=O)CC[C@H](N)P(=O)(OCC)C(OCC)OCC. The van der Waals surface area contributed by atoms with Crippen LogP contribution in [0.2, 0.25) is 0 Å². The van der Waals surface area contributed by atoms with Crippen LogP contribution < -0.4 is 5.73 Å². The van der Waals surface area contributed by atoms with Crippen molar-refractivity contribution in [2.75, 3.05) is 26.4 Å². The second kappa shape index (κ2) is 11.2. The molecule has 0 aromatic heterocycles. The summed E-state index contributed by atoms with van der Waals surface area (Å²) in [6, 6.07) is -1.01. The van der Waals surface area contributed by atoms with Crippen molar-refractivity contribution < 1.29 is 28.1 Å². The van der Waals surface area contributed by atoms with Gasteiger partial charge in [-0.1, -0.05) is 0 Å². The Kier molecular flexibility index (Phi) is 10.9. The first-order valence-corrected chi connectivity index (χ1v) is 9.10. The molecule has 0 fully saturated rings. The van der Waals surface area contributed by atoms with Crippen molar-refractivity contribution in [2.45, 2.75) is 52.4 Å². The molecule has 0 rings (SSSR count). The Bertz CT molecular complexity index is 333. The molecular formula is C13H28NO6P. The van der Waals surface area contributed by atoms with Gasteiger partial charge in [-0.25, -0.2) is 0 Å². The molecule has 0 amide bonds. The number of rotatable bonds is 12. The van der Waals surface area contributed by atoms with Gasteiger partial charge >= 0.3 is 5.97 Å². The maximum Gasteiger partial charge on any atom is 0.305 e. The molecule has 1 unspecified atom stereocenters. The second-order valence-electron chi connectivity index (χ2n) is 4.19. The van der Waals surface area contributed by atoms with Crippen LogP contribution >= 0.6 is 7.37 Å². The van der Waals surface area contributed by atoms with E-state index in [-0.39, 0.29) is 25.4 Å². The quantitative estimate of drug-likeness (QED) is 0.334. The van der Waals surface area contributed by atoms with Gasteiger partial charge in [0.15, 0.2) is 0 Å². The Labute approximate surface area is 126 Å². The van der Waals surface area contributed by atoms with Crippen LogP contribution in [0.15, 0.2) is 0 Å². The third-order valence-corrected chi connectivity index (χ3v) is 5.39. The van der Waals surface area contributed by atoms with Crippen molar-refractivity contribution in [1.29, 1.82) is 0 Å². The summed E-state index contributed by atoms with van der Waals surface area (Å²) in [5.41, 5.74) is 5.99. The molecule has 0 aliphatic heterocycles. The Morgan fingerprint density at radius 1 is 1.05 bits per heavy atom. The highest BCUT2D eigenvalue weighted by atomic mass is 31.2. The Morgan fingerprint density at radius 2 is 1.62 bits per heavy atom. The van der Waals surface area contributed by atoms with Crippen LogP contribution in [0.3, 0.4) is 0 Å². The zero-order valence-corrected chi connectivity index (χ0v) is 14.3. The minimum atomic E-state index is -3.40. The van der Waals surface area contributed by atoms with Gasteiger partial charge in [-0.3, -0.25) is 9.36 Å².